The number of hydrazone groups is 1. The number of nitrogens with zero attached hydrogens (tertiary/aromatic N) is 2. The van der Waals surface area contributed by atoms with Crippen LogP contribution in [0.2, 0.25) is 0 Å². The quantitative estimate of drug-likeness (QED) is 0.217. The van der Waals surface area contributed by atoms with Crippen molar-refractivity contribution in [3.05, 3.63) is 48.4 Å². The molecule has 1 aliphatic rings. The first-order valence-electron chi connectivity index (χ1n) is 11.8. The van der Waals surface area contributed by atoms with Crippen LogP contribution in [0, 0.1) is 11.7 Å². The van der Waals surface area contributed by atoms with Crippen molar-refractivity contribution in [3.63, 3.8) is 0 Å². The van der Waals surface area contributed by atoms with Crippen molar-refractivity contribution >= 4 is 34.1 Å². The fraction of sp³-hybridized carbons (Fsp3) is 0.308. The molecule has 2 amide bonds. The maximum Gasteiger partial charge on any atom is 0.281 e. The van der Waals surface area contributed by atoms with E-state index in [2.05, 4.69) is 26.1 Å². The van der Waals surface area contributed by atoms with Crippen LogP contribution in [0.4, 0.5) is 10.1 Å². The number of hydrogen-bond acceptors (Lipinski definition) is 8. The number of benzene rings is 2. The SMILES string of the molecule is CN/N=C(\C(=O)NCC1CCC1)C(=O)Nc1ccc(Oc2ccnc3cc(OC)c(OC)cc23)c(F)c1. The summed E-state index contributed by atoms with van der Waals surface area (Å²) < 4.78 is 31.4. The molecule has 0 unspecified atom stereocenters. The fourth-order valence-corrected chi connectivity index (χ4v) is 3.84. The lowest BCUT2D eigenvalue weighted by Crippen LogP contribution is -2.42. The molecular weight excluding hydrogens is 481 g/mol. The maximum absolute atomic E-state index is 15.0. The van der Waals surface area contributed by atoms with Crippen LogP contribution >= 0.6 is 0 Å². The molecule has 0 atom stereocenters. The number of halogens is 1. The predicted molar refractivity (Wildman–Crippen MR) is 137 cm³/mol. The molecule has 11 heteroatoms. The summed E-state index contributed by atoms with van der Waals surface area (Å²) in [5, 5.41) is 9.62. The Morgan fingerprint density at radius 1 is 1.03 bits per heavy atom. The lowest BCUT2D eigenvalue weighted by atomic mass is 9.85. The van der Waals surface area contributed by atoms with E-state index >= 15 is 0 Å². The minimum Gasteiger partial charge on any atom is -0.493 e. The van der Waals surface area contributed by atoms with Gasteiger partial charge in [-0.15, -0.1) is 0 Å². The van der Waals surface area contributed by atoms with Crippen LogP contribution in [0.15, 0.2) is 47.7 Å². The van der Waals surface area contributed by atoms with Crippen LogP contribution in [0.1, 0.15) is 19.3 Å². The number of aromatic nitrogens is 1. The molecule has 1 heterocycles. The number of anilines is 1. The molecule has 1 aliphatic carbocycles. The van der Waals surface area contributed by atoms with Gasteiger partial charge in [0.1, 0.15) is 5.75 Å². The normalized spacial score (nSPS) is 13.5. The number of methoxy groups -OCH3 is 2. The summed E-state index contributed by atoms with van der Waals surface area (Å²) in [6, 6.07) is 8.94. The summed E-state index contributed by atoms with van der Waals surface area (Å²) >= 11 is 0. The van der Waals surface area contributed by atoms with Crippen LogP contribution in [0.25, 0.3) is 10.9 Å². The molecule has 1 saturated carbocycles. The lowest BCUT2D eigenvalue weighted by Gasteiger charge is -2.25. The van der Waals surface area contributed by atoms with E-state index in [4.69, 9.17) is 14.2 Å². The number of carbonyl (C=O) groups excluding carboxylic acids is 2. The van der Waals surface area contributed by atoms with Crippen molar-refractivity contribution in [2.45, 2.75) is 19.3 Å². The molecule has 194 valence electrons. The highest BCUT2D eigenvalue weighted by molar-refractivity contribution is 6.67. The maximum atomic E-state index is 15.0. The summed E-state index contributed by atoms with van der Waals surface area (Å²) in [4.78, 5) is 29.5. The van der Waals surface area contributed by atoms with E-state index in [1.807, 2.05) is 0 Å². The van der Waals surface area contributed by atoms with Gasteiger partial charge in [0.2, 0.25) is 5.71 Å². The number of rotatable bonds is 10. The van der Waals surface area contributed by atoms with Crippen LogP contribution in [0.3, 0.4) is 0 Å². The van der Waals surface area contributed by atoms with Crippen LogP contribution in [-0.4, -0.2) is 50.3 Å². The average Bonchev–Trinajstić information content (AvgIpc) is 2.87. The number of carbonyl (C=O) groups is 2. The second-order valence-corrected chi connectivity index (χ2v) is 8.43. The second-order valence-electron chi connectivity index (χ2n) is 8.43. The molecule has 10 nitrogen and oxygen atoms in total. The van der Waals surface area contributed by atoms with Gasteiger partial charge in [-0.2, -0.15) is 5.10 Å². The Hall–Kier alpha value is -4.41. The van der Waals surface area contributed by atoms with Gasteiger partial charge in [-0.1, -0.05) is 6.42 Å². The van der Waals surface area contributed by atoms with Crippen LogP contribution in [0.5, 0.6) is 23.0 Å². The summed E-state index contributed by atoms with van der Waals surface area (Å²) in [6.45, 7) is 0.484. The second kappa shape index (κ2) is 11.5. The van der Waals surface area contributed by atoms with E-state index in [1.54, 1.807) is 18.2 Å². The molecule has 2 aromatic carbocycles. The minimum atomic E-state index is -0.769. The first kappa shape index (κ1) is 25.7. The Morgan fingerprint density at radius 2 is 1.78 bits per heavy atom. The summed E-state index contributed by atoms with van der Waals surface area (Å²) in [5.41, 5.74) is 2.82. The van der Waals surface area contributed by atoms with Gasteiger partial charge < -0.3 is 30.3 Å². The van der Waals surface area contributed by atoms with Crippen molar-refractivity contribution < 1.29 is 28.2 Å². The molecule has 1 fully saturated rings. The van der Waals surface area contributed by atoms with E-state index in [0.29, 0.717) is 40.6 Å². The molecule has 0 bridgehead atoms. The third-order valence-electron chi connectivity index (χ3n) is 6.05. The topological polar surface area (TPSA) is 123 Å². The van der Waals surface area contributed by atoms with Gasteiger partial charge in [-0.25, -0.2) is 4.39 Å². The van der Waals surface area contributed by atoms with Gasteiger partial charge in [0.05, 0.1) is 19.7 Å². The molecule has 0 aliphatic heterocycles. The Kier molecular flexibility index (Phi) is 8.02. The van der Waals surface area contributed by atoms with Crippen LogP contribution in [-0.2, 0) is 9.59 Å². The van der Waals surface area contributed by atoms with Gasteiger partial charge in [0.15, 0.2) is 23.1 Å². The van der Waals surface area contributed by atoms with Crippen molar-refractivity contribution in [2.75, 3.05) is 33.1 Å². The number of pyridine rings is 1. The van der Waals surface area contributed by atoms with Gasteiger partial charge in [0, 0.05) is 43.0 Å². The summed E-state index contributed by atoms with van der Waals surface area (Å²) in [7, 11) is 4.51. The zero-order chi connectivity index (χ0) is 26.4. The van der Waals surface area contributed by atoms with Crippen LogP contribution < -0.4 is 30.3 Å². The molecule has 3 N–H and O–H groups in total. The summed E-state index contributed by atoms with van der Waals surface area (Å²) in [5.74, 6) is -0.401. The number of nitrogens with one attached hydrogen (secondary N) is 3. The molecule has 37 heavy (non-hydrogen) atoms. The summed E-state index contributed by atoms with van der Waals surface area (Å²) in [6.07, 6.45) is 4.78. The minimum absolute atomic E-state index is 0.0670. The number of fused-ring (bicyclic) bond motifs is 1. The van der Waals surface area contributed by atoms with Crippen molar-refractivity contribution in [1.82, 2.24) is 15.7 Å². The third-order valence-corrected chi connectivity index (χ3v) is 6.05. The number of ether oxygens (including phenoxy) is 3. The standard InChI is InChI=1S/C26H28FN5O5/c1-28-32-24(25(33)30-14-15-5-4-6-15)26(34)31-16-7-8-21(18(27)11-16)37-20-9-10-29-19-13-23(36-3)22(35-2)12-17(19)20/h7-13,15,28H,4-6,14H2,1-3H3,(H,30,33)(H,31,34)/b32-24+. The van der Waals surface area contributed by atoms with Gasteiger partial charge >= 0.3 is 0 Å². The number of hydrogen-bond donors (Lipinski definition) is 3. The van der Waals surface area contributed by atoms with Gasteiger partial charge in [-0.05, 0) is 43.0 Å². The van der Waals surface area contributed by atoms with E-state index in [0.717, 1.165) is 25.3 Å². The zero-order valence-electron chi connectivity index (χ0n) is 20.8. The zero-order valence-corrected chi connectivity index (χ0v) is 20.8. The molecule has 0 spiro atoms. The Bertz CT molecular complexity index is 1340. The highest BCUT2D eigenvalue weighted by Crippen LogP contribution is 2.37. The lowest BCUT2D eigenvalue weighted by molar-refractivity contribution is -0.117. The van der Waals surface area contributed by atoms with Crippen molar-refractivity contribution in [2.24, 2.45) is 11.0 Å². The van der Waals surface area contributed by atoms with Gasteiger partial charge in [-0.3, -0.25) is 14.6 Å². The van der Waals surface area contributed by atoms with Gasteiger partial charge in [0.25, 0.3) is 11.8 Å². The number of amides is 2. The average molecular weight is 510 g/mol. The first-order chi connectivity index (χ1) is 17.9. The smallest absolute Gasteiger partial charge is 0.281 e. The first-order valence-corrected chi connectivity index (χ1v) is 11.8. The van der Waals surface area contributed by atoms with E-state index in [9.17, 15) is 14.0 Å². The van der Waals surface area contributed by atoms with Crippen molar-refractivity contribution in [1.29, 1.82) is 0 Å². The van der Waals surface area contributed by atoms with E-state index in [-0.39, 0.29) is 17.1 Å². The largest absolute Gasteiger partial charge is 0.493 e. The molecule has 0 radical (unpaired) electrons. The predicted octanol–water partition coefficient (Wildman–Crippen LogP) is 3.61. The molecule has 1 aromatic heterocycles. The highest BCUT2D eigenvalue weighted by atomic mass is 19.1. The Morgan fingerprint density at radius 3 is 2.43 bits per heavy atom. The Balaban J connectivity index is 1.49. The van der Waals surface area contributed by atoms with E-state index in [1.165, 1.54) is 39.6 Å². The molecular formula is C26H28FN5O5. The molecule has 0 saturated heterocycles. The third kappa shape index (κ3) is 5.88. The monoisotopic (exact) mass is 509 g/mol. The van der Waals surface area contributed by atoms with Crippen molar-refractivity contribution in [3.8, 4) is 23.0 Å². The fourth-order valence-electron chi connectivity index (χ4n) is 3.84. The molecule has 3 aromatic rings. The molecule has 4 rings (SSSR count). The highest BCUT2D eigenvalue weighted by Gasteiger charge is 2.24. The Labute approximate surface area is 213 Å². The van der Waals surface area contributed by atoms with E-state index < -0.39 is 17.6 Å².